The Morgan fingerprint density at radius 2 is 1.57 bits per heavy atom. The molecular formula is C16H15N5. The molecule has 0 unspecified atom stereocenters. The highest BCUT2D eigenvalue weighted by Gasteiger charge is 2.16. The van der Waals surface area contributed by atoms with Gasteiger partial charge in [-0.25, -0.2) is 0 Å². The van der Waals surface area contributed by atoms with Crippen LogP contribution in [0.2, 0.25) is 0 Å². The van der Waals surface area contributed by atoms with E-state index in [9.17, 15) is 0 Å². The molecule has 21 heavy (non-hydrogen) atoms. The van der Waals surface area contributed by atoms with Crippen molar-refractivity contribution in [1.29, 1.82) is 15.8 Å². The predicted molar refractivity (Wildman–Crippen MR) is 79.8 cm³/mol. The molecule has 2 rings (SSSR count). The standard InChI is InChI=1S/C16H15N5/c17-9-12(10-18)16(11-19)21-15-8-4-3-7-14(15)20-13-5-1-2-6-13/h3-4,7-8,13,20-21H,1-2,5-6H2. The van der Waals surface area contributed by atoms with Gasteiger partial charge in [-0.1, -0.05) is 25.0 Å². The zero-order valence-corrected chi connectivity index (χ0v) is 11.6. The molecule has 1 aromatic carbocycles. The molecule has 0 atom stereocenters. The first kappa shape index (κ1) is 14.4. The molecule has 2 N–H and O–H groups in total. The molecule has 0 aromatic heterocycles. The van der Waals surface area contributed by atoms with Gasteiger partial charge >= 0.3 is 0 Å². The zero-order valence-electron chi connectivity index (χ0n) is 11.6. The maximum Gasteiger partial charge on any atom is 0.163 e. The summed E-state index contributed by atoms with van der Waals surface area (Å²) < 4.78 is 0. The summed E-state index contributed by atoms with van der Waals surface area (Å²) in [5.41, 5.74) is 1.34. The molecule has 0 radical (unpaired) electrons. The van der Waals surface area contributed by atoms with Crippen molar-refractivity contribution in [2.75, 3.05) is 10.6 Å². The van der Waals surface area contributed by atoms with E-state index < -0.39 is 0 Å². The molecule has 0 aliphatic heterocycles. The first-order valence-corrected chi connectivity index (χ1v) is 6.85. The third-order valence-electron chi connectivity index (χ3n) is 3.49. The van der Waals surface area contributed by atoms with Crippen LogP contribution in [0.1, 0.15) is 25.7 Å². The smallest absolute Gasteiger partial charge is 0.163 e. The van der Waals surface area contributed by atoms with E-state index in [0.29, 0.717) is 11.7 Å². The van der Waals surface area contributed by atoms with Crippen LogP contribution >= 0.6 is 0 Å². The van der Waals surface area contributed by atoms with Gasteiger partial charge in [0.25, 0.3) is 0 Å². The van der Waals surface area contributed by atoms with Gasteiger partial charge in [-0.15, -0.1) is 0 Å². The largest absolute Gasteiger partial charge is 0.381 e. The van der Waals surface area contributed by atoms with E-state index in [0.717, 1.165) is 18.5 Å². The molecule has 5 heteroatoms. The van der Waals surface area contributed by atoms with Gasteiger partial charge in [-0.05, 0) is 25.0 Å². The van der Waals surface area contributed by atoms with Crippen LogP contribution in [0.3, 0.4) is 0 Å². The second-order valence-corrected chi connectivity index (χ2v) is 4.88. The lowest BCUT2D eigenvalue weighted by atomic mass is 10.2. The Morgan fingerprint density at radius 3 is 2.14 bits per heavy atom. The fourth-order valence-corrected chi connectivity index (χ4v) is 2.43. The van der Waals surface area contributed by atoms with Crippen LogP contribution in [0.15, 0.2) is 35.5 Å². The first-order valence-electron chi connectivity index (χ1n) is 6.85. The SMILES string of the molecule is N#CC(C#N)=C(C#N)Nc1ccccc1NC1CCCC1. The van der Waals surface area contributed by atoms with Crippen LogP contribution in [0.5, 0.6) is 0 Å². The highest BCUT2D eigenvalue weighted by atomic mass is 15.0. The molecule has 0 spiro atoms. The monoisotopic (exact) mass is 277 g/mol. The number of allylic oxidation sites excluding steroid dienone is 2. The fraction of sp³-hybridized carbons (Fsp3) is 0.312. The van der Waals surface area contributed by atoms with Gasteiger partial charge in [0.2, 0.25) is 0 Å². The molecule has 0 amide bonds. The maximum atomic E-state index is 9.10. The Balaban J connectivity index is 2.24. The molecule has 5 nitrogen and oxygen atoms in total. The van der Waals surface area contributed by atoms with E-state index in [2.05, 4.69) is 10.6 Å². The number of nitrogens with zero attached hydrogens (tertiary/aromatic N) is 3. The lowest BCUT2D eigenvalue weighted by molar-refractivity contribution is 0.756. The van der Waals surface area contributed by atoms with Crippen molar-refractivity contribution in [3.8, 4) is 18.2 Å². The summed E-state index contributed by atoms with van der Waals surface area (Å²) in [6, 6.07) is 13.3. The molecule has 1 saturated carbocycles. The molecule has 0 saturated heterocycles. The van der Waals surface area contributed by atoms with Crippen LogP contribution in [0.25, 0.3) is 0 Å². The van der Waals surface area contributed by atoms with Gasteiger partial charge in [0.15, 0.2) is 5.57 Å². The molecule has 0 heterocycles. The third kappa shape index (κ3) is 3.53. The average molecular weight is 277 g/mol. The van der Waals surface area contributed by atoms with Crippen molar-refractivity contribution >= 4 is 11.4 Å². The van der Waals surface area contributed by atoms with Gasteiger partial charge in [-0.3, -0.25) is 0 Å². The summed E-state index contributed by atoms with van der Waals surface area (Å²) in [6.07, 6.45) is 4.72. The third-order valence-corrected chi connectivity index (χ3v) is 3.49. The average Bonchev–Trinajstić information content (AvgIpc) is 3.02. The van der Waals surface area contributed by atoms with Gasteiger partial charge in [0.1, 0.15) is 23.9 Å². The Bertz CT molecular complexity index is 647. The minimum atomic E-state index is -0.215. The predicted octanol–water partition coefficient (Wildman–Crippen LogP) is 3.28. The van der Waals surface area contributed by atoms with Gasteiger partial charge in [-0.2, -0.15) is 15.8 Å². The van der Waals surface area contributed by atoms with E-state index >= 15 is 0 Å². The molecule has 104 valence electrons. The lowest BCUT2D eigenvalue weighted by Gasteiger charge is -2.17. The summed E-state index contributed by atoms with van der Waals surface area (Å²) in [5.74, 6) is 0. The Morgan fingerprint density at radius 1 is 0.952 bits per heavy atom. The van der Waals surface area contributed by atoms with Crippen LogP contribution < -0.4 is 10.6 Å². The fourth-order valence-electron chi connectivity index (χ4n) is 2.43. The molecule has 1 aromatic rings. The van der Waals surface area contributed by atoms with Crippen LogP contribution in [-0.2, 0) is 0 Å². The number of para-hydroxylation sites is 2. The summed E-state index contributed by atoms with van der Waals surface area (Å²) in [5, 5.41) is 33.2. The normalized spacial score (nSPS) is 13.6. The summed E-state index contributed by atoms with van der Waals surface area (Å²) in [4.78, 5) is 0. The van der Waals surface area contributed by atoms with Crippen molar-refractivity contribution in [3.63, 3.8) is 0 Å². The molecule has 0 bridgehead atoms. The van der Waals surface area contributed by atoms with Crippen molar-refractivity contribution < 1.29 is 0 Å². The Labute approximate surface area is 124 Å². The summed E-state index contributed by atoms with van der Waals surface area (Å²) in [6.45, 7) is 0. The number of nitriles is 3. The number of hydrogen-bond acceptors (Lipinski definition) is 5. The number of nitrogens with one attached hydrogen (secondary N) is 2. The highest BCUT2D eigenvalue weighted by molar-refractivity contribution is 5.73. The van der Waals surface area contributed by atoms with Crippen molar-refractivity contribution in [2.45, 2.75) is 31.7 Å². The summed E-state index contributed by atoms with van der Waals surface area (Å²) in [7, 11) is 0. The lowest BCUT2D eigenvalue weighted by Crippen LogP contribution is -2.16. The van der Waals surface area contributed by atoms with Crippen molar-refractivity contribution in [3.05, 3.63) is 35.5 Å². The van der Waals surface area contributed by atoms with E-state index in [1.165, 1.54) is 12.8 Å². The first-order chi connectivity index (χ1) is 10.3. The number of benzene rings is 1. The second-order valence-electron chi connectivity index (χ2n) is 4.88. The maximum absolute atomic E-state index is 9.10. The van der Waals surface area contributed by atoms with Crippen LogP contribution in [-0.4, -0.2) is 6.04 Å². The van der Waals surface area contributed by atoms with Crippen LogP contribution in [0.4, 0.5) is 11.4 Å². The molecule has 1 fully saturated rings. The molecule has 1 aliphatic carbocycles. The van der Waals surface area contributed by atoms with Gasteiger partial charge in [0, 0.05) is 6.04 Å². The van der Waals surface area contributed by atoms with E-state index in [1.807, 2.05) is 30.3 Å². The highest BCUT2D eigenvalue weighted by Crippen LogP contribution is 2.28. The Hall–Kier alpha value is -2.97. The number of hydrogen-bond donors (Lipinski definition) is 2. The minimum Gasteiger partial charge on any atom is -0.381 e. The minimum absolute atomic E-state index is 0.0272. The summed E-state index contributed by atoms with van der Waals surface area (Å²) >= 11 is 0. The quantitative estimate of drug-likeness (QED) is 0.823. The number of rotatable bonds is 4. The van der Waals surface area contributed by atoms with E-state index in [4.69, 9.17) is 15.8 Å². The Kier molecular flexibility index (Phi) is 4.80. The van der Waals surface area contributed by atoms with Crippen molar-refractivity contribution in [1.82, 2.24) is 0 Å². The zero-order chi connectivity index (χ0) is 15.1. The topological polar surface area (TPSA) is 95.4 Å². The molecule has 1 aliphatic rings. The molecular weight excluding hydrogens is 262 g/mol. The van der Waals surface area contributed by atoms with Crippen LogP contribution in [0, 0.1) is 34.0 Å². The van der Waals surface area contributed by atoms with E-state index in [1.54, 1.807) is 12.1 Å². The second kappa shape index (κ2) is 6.98. The van der Waals surface area contributed by atoms with Gasteiger partial charge in [0.05, 0.1) is 11.4 Å². The van der Waals surface area contributed by atoms with Gasteiger partial charge < -0.3 is 10.6 Å². The van der Waals surface area contributed by atoms with E-state index in [-0.39, 0.29) is 11.3 Å². The number of anilines is 2. The van der Waals surface area contributed by atoms with Crippen molar-refractivity contribution in [2.24, 2.45) is 0 Å².